The van der Waals surface area contributed by atoms with E-state index in [0.29, 0.717) is 13.1 Å². The molecule has 0 aliphatic carbocycles. The fourth-order valence-electron chi connectivity index (χ4n) is 2.31. The molecule has 3 nitrogen and oxygen atoms in total. The number of hydrogen-bond donors (Lipinski definition) is 1. The smallest absolute Gasteiger partial charge is 0.123 e. The van der Waals surface area contributed by atoms with E-state index in [9.17, 15) is 4.39 Å². The Morgan fingerprint density at radius 3 is 2.52 bits per heavy atom. The Hall–Kier alpha value is -2.46. The van der Waals surface area contributed by atoms with Gasteiger partial charge in [-0.15, -0.1) is 0 Å². The highest BCUT2D eigenvalue weighted by Gasteiger charge is 2.06. The van der Waals surface area contributed by atoms with Crippen LogP contribution in [0.3, 0.4) is 0 Å². The van der Waals surface area contributed by atoms with Crippen molar-refractivity contribution >= 4 is 0 Å². The molecule has 0 amide bonds. The van der Waals surface area contributed by atoms with Crippen LogP contribution >= 0.6 is 0 Å². The number of aromatic nitrogens is 2. The average molecular weight is 281 g/mol. The van der Waals surface area contributed by atoms with Gasteiger partial charge >= 0.3 is 0 Å². The van der Waals surface area contributed by atoms with E-state index < -0.39 is 0 Å². The molecule has 1 heterocycles. The zero-order valence-electron chi connectivity index (χ0n) is 11.5. The Balaban J connectivity index is 1.88. The molecule has 0 aliphatic heterocycles. The van der Waals surface area contributed by atoms with E-state index in [2.05, 4.69) is 17.1 Å². The van der Waals surface area contributed by atoms with Gasteiger partial charge in [0.1, 0.15) is 5.82 Å². The molecule has 0 saturated heterocycles. The van der Waals surface area contributed by atoms with Crippen LogP contribution in [0.15, 0.2) is 61.1 Å². The van der Waals surface area contributed by atoms with Crippen molar-refractivity contribution in [1.82, 2.24) is 9.55 Å². The highest BCUT2D eigenvalue weighted by Crippen LogP contribution is 2.21. The van der Waals surface area contributed by atoms with Crippen LogP contribution in [0.1, 0.15) is 11.1 Å². The number of halogens is 1. The maximum atomic E-state index is 13.4. The minimum Gasteiger partial charge on any atom is -0.326 e. The van der Waals surface area contributed by atoms with E-state index in [1.807, 2.05) is 22.8 Å². The van der Waals surface area contributed by atoms with Crippen LogP contribution in [0.2, 0.25) is 0 Å². The zero-order valence-corrected chi connectivity index (χ0v) is 11.5. The molecular formula is C17H16FN3. The first-order valence-electron chi connectivity index (χ1n) is 6.80. The second kappa shape index (κ2) is 5.89. The Kier molecular flexibility index (Phi) is 3.79. The number of imidazole rings is 1. The molecule has 0 spiro atoms. The van der Waals surface area contributed by atoms with Gasteiger partial charge in [0.2, 0.25) is 0 Å². The quantitative estimate of drug-likeness (QED) is 0.798. The van der Waals surface area contributed by atoms with Gasteiger partial charge in [-0.3, -0.25) is 0 Å². The van der Waals surface area contributed by atoms with Gasteiger partial charge in [0.25, 0.3) is 0 Å². The van der Waals surface area contributed by atoms with Crippen LogP contribution in [0.25, 0.3) is 11.3 Å². The lowest BCUT2D eigenvalue weighted by atomic mass is 10.1. The van der Waals surface area contributed by atoms with Gasteiger partial charge in [-0.05, 0) is 23.3 Å². The summed E-state index contributed by atoms with van der Waals surface area (Å²) < 4.78 is 15.4. The van der Waals surface area contributed by atoms with Gasteiger partial charge in [-0.2, -0.15) is 0 Å². The summed E-state index contributed by atoms with van der Waals surface area (Å²) in [6, 6.07) is 14.7. The lowest BCUT2D eigenvalue weighted by Crippen LogP contribution is -2.01. The fourth-order valence-corrected chi connectivity index (χ4v) is 2.31. The average Bonchev–Trinajstić information content (AvgIpc) is 2.96. The first kappa shape index (κ1) is 13.5. The summed E-state index contributed by atoms with van der Waals surface area (Å²) in [7, 11) is 0. The number of hydrogen-bond acceptors (Lipinski definition) is 2. The van der Waals surface area contributed by atoms with Crippen molar-refractivity contribution in [2.75, 3.05) is 0 Å². The van der Waals surface area contributed by atoms with Gasteiger partial charge in [-0.25, -0.2) is 9.37 Å². The Morgan fingerprint density at radius 2 is 1.81 bits per heavy atom. The minimum atomic E-state index is -0.243. The molecule has 0 aliphatic rings. The second-order valence-corrected chi connectivity index (χ2v) is 4.94. The SMILES string of the molecule is NCc1ccc(Cn2cncc2-c2cccc(F)c2)cc1. The highest BCUT2D eigenvalue weighted by molar-refractivity contribution is 5.59. The molecule has 0 saturated carbocycles. The molecule has 0 fully saturated rings. The highest BCUT2D eigenvalue weighted by atomic mass is 19.1. The number of nitrogens with zero attached hydrogens (tertiary/aromatic N) is 2. The summed E-state index contributed by atoms with van der Waals surface area (Å²) in [6.45, 7) is 1.23. The fraction of sp³-hybridized carbons (Fsp3) is 0.118. The van der Waals surface area contributed by atoms with E-state index >= 15 is 0 Å². The Morgan fingerprint density at radius 1 is 1.05 bits per heavy atom. The molecule has 106 valence electrons. The van der Waals surface area contributed by atoms with Gasteiger partial charge in [0, 0.05) is 18.7 Å². The van der Waals surface area contributed by atoms with Crippen LogP contribution in [-0.4, -0.2) is 9.55 Å². The van der Waals surface area contributed by atoms with Crippen LogP contribution in [-0.2, 0) is 13.1 Å². The van der Waals surface area contributed by atoms with Crippen LogP contribution in [0, 0.1) is 5.82 Å². The van der Waals surface area contributed by atoms with E-state index in [1.54, 1.807) is 18.6 Å². The van der Waals surface area contributed by atoms with Crippen LogP contribution in [0.4, 0.5) is 4.39 Å². The van der Waals surface area contributed by atoms with Crippen LogP contribution in [0.5, 0.6) is 0 Å². The molecule has 0 unspecified atom stereocenters. The minimum absolute atomic E-state index is 0.243. The number of benzene rings is 2. The summed E-state index contributed by atoms with van der Waals surface area (Å²) in [5.74, 6) is -0.243. The van der Waals surface area contributed by atoms with Gasteiger partial charge < -0.3 is 10.3 Å². The van der Waals surface area contributed by atoms with Crippen molar-refractivity contribution < 1.29 is 4.39 Å². The van der Waals surface area contributed by atoms with Gasteiger partial charge in [0.05, 0.1) is 18.2 Å². The third-order valence-corrected chi connectivity index (χ3v) is 3.44. The molecule has 0 atom stereocenters. The molecule has 3 rings (SSSR count). The molecule has 2 N–H and O–H groups in total. The summed E-state index contributed by atoms with van der Waals surface area (Å²) >= 11 is 0. The van der Waals surface area contributed by atoms with E-state index in [0.717, 1.165) is 22.4 Å². The van der Waals surface area contributed by atoms with E-state index in [-0.39, 0.29) is 5.82 Å². The molecule has 4 heteroatoms. The second-order valence-electron chi connectivity index (χ2n) is 4.94. The topological polar surface area (TPSA) is 43.8 Å². The predicted molar refractivity (Wildman–Crippen MR) is 81.1 cm³/mol. The third-order valence-electron chi connectivity index (χ3n) is 3.44. The summed E-state index contributed by atoms with van der Waals surface area (Å²) in [5.41, 5.74) is 9.59. The summed E-state index contributed by atoms with van der Waals surface area (Å²) in [4.78, 5) is 4.18. The van der Waals surface area contributed by atoms with Crippen molar-refractivity contribution in [2.45, 2.75) is 13.1 Å². The Bertz CT molecular complexity index is 732. The third kappa shape index (κ3) is 3.01. The maximum absolute atomic E-state index is 13.4. The number of rotatable bonds is 4. The van der Waals surface area contributed by atoms with Crippen molar-refractivity contribution in [3.63, 3.8) is 0 Å². The Labute approximate surface area is 122 Å². The summed E-state index contributed by atoms with van der Waals surface area (Å²) in [6.07, 6.45) is 3.51. The first-order chi connectivity index (χ1) is 10.3. The monoisotopic (exact) mass is 281 g/mol. The van der Waals surface area contributed by atoms with Crippen molar-refractivity contribution in [2.24, 2.45) is 5.73 Å². The zero-order chi connectivity index (χ0) is 14.7. The van der Waals surface area contributed by atoms with Gasteiger partial charge in [-0.1, -0.05) is 36.4 Å². The standard InChI is InChI=1S/C17H16FN3/c18-16-3-1-2-15(8-16)17-10-20-12-21(17)11-14-6-4-13(9-19)5-7-14/h1-8,10,12H,9,11,19H2. The van der Waals surface area contributed by atoms with Crippen LogP contribution < -0.4 is 5.73 Å². The molecule has 3 aromatic rings. The van der Waals surface area contributed by atoms with E-state index in [1.165, 1.54) is 12.1 Å². The first-order valence-corrected chi connectivity index (χ1v) is 6.80. The molecule has 2 aromatic carbocycles. The van der Waals surface area contributed by atoms with Gasteiger partial charge in [0.15, 0.2) is 0 Å². The molecule has 21 heavy (non-hydrogen) atoms. The van der Waals surface area contributed by atoms with Crippen molar-refractivity contribution in [3.05, 3.63) is 78.0 Å². The molecule has 1 aromatic heterocycles. The van der Waals surface area contributed by atoms with E-state index in [4.69, 9.17) is 5.73 Å². The maximum Gasteiger partial charge on any atom is 0.123 e. The normalized spacial score (nSPS) is 10.8. The van der Waals surface area contributed by atoms with Crippen molar-refractivity contribution in [1.29, 1.82) is 0 Å². The molecule has 0 radical (unpaired) electrons. The largest absolute Gasteiger partial charge is 0.326 e. The lowest BCUT2D eigenvalue weighted by molar-refractivity contribution is 0.628. The number of nitrogens with two attached hydrogens (primary N) is 1. The van der Waals surface area contributed by atoms with Crippen molar-refractivity contribution in [3.8, 4) is 11.3 Å². The summed E-state index contributed by atoms with van der Waals surface area (Å²) in [5, 5.41) is 0. The molecule has 0 bridgehead atoms. The predicted octanol–water partition coefficient (Wildman–Crippen LogP) is 3.20. The lowest BCUT2D eigenvalue weighted by Gasteiger charge is -2.09. The molecular weight excluding hydrogens is 265 g/mol.